The van der Waals surface area contributed by atoms with E-state index in [0.717, 1.165) is 6.07 Å². The van der Waals surface area contributed by atoms with E-state index in [2.05, 4.69) is 5.32 Å². The van der Waals surface area contributed by atoms with Crippen LogP contribution < -0.4 is 10.9 Å². The first-order valence-corrected chi connectivity index (χ1v) is 9.37. The molecule has 7 heteroatoms. The molecule has 1 atom stereocenters. The predicted octanol–water partition coefficient (Wildman–Crippen LogP) is 3.94. The van der Waals surface area contributed by atoms with Crippen molar-refractivity contribution in [1.29, 1.82) is 0 Å². The summed E-state index contributed by atoms with van der Waals surface area (Å²) in [6.07, 6.45) is 1.25. The second kappa shape index (κ2) is 6.95. The average molecular weight is 401 g/mol. The summed E-state index contributed by atoms with van der Waals surface area (Å²) in [6.45, 7) is 1.97. The van der Waals surface area contributed by atoms with Crippen LogP contribution in [0.1, 0.15) is 40.9 Å². The summed E-state index contributed by atoms with van der Waals surface area (Å²) in [4.78, 5) is 25.8. The van der Waals surface area contributed by atoms with E-state index in [1.807, 2.05) is 6.92 Å². The van der Waals surface area contributed by atoms with Gasteiger partial charge in [-0.2, -0.15) is 0 Å². The number of aromatic hydroxyl groups is 1. The molecule has 144 valence electrons. The smallest absolute Gasteiger partial charge is 0.267 e. The maximum atomic E-state index is 14.1. The monoisotopic (exact) mass is 400 g/mol. The Balaban J connectivity index is 1.83. The average Bonchev–Trinajstić information content (AvgIpc) is 2.66. The van der Waals surface area contributed by atoms with Crippen molar-refractivity contribution in [3.05, 3.63) is 74.3 Å². The van der Waals surface area contributed by atoms with Crippen molar-refractivity contribution >= 4 is 28.4 Å². The van der Waals surface area contributed by atoms with Gasteiger partial charge in [0.25, 0.3) is 11.5 Å². The molecule has 0 saturated carbocycles. The van der Waals surface area contributed by atoms with Gasteiger partial charge < -0.3 is 15.0 Å². The molecule has 2 heterocycles. The van der Waals surface area contributed by atoms with Crippen LogP contribution in [0.15, 0.2) is 41.2 Å². The zero-order valence-corrected chi connectivity index (χ0v) is 15.9. The largest absolute Gasteiger partial charge is 0.506 e. The molecule has 0 saturated heterocycles. The van der Waals surface area contributed by atoms with Crippen LogP contribution in [-0.4, -0.2) is 15.6 Å². The van der Waals surface area contributed by atoms with Gasteiger partial charge in [0.15, 0.2) is 0 Å². The van der Waals surface area contributed by atoms with E-state index in [9.17, 15) is 19.1 Å². The fourth-order valence-corrected chi connectivity index (χ4v) is 4.00. The van der Waals surface area contributed by atoms with E-state index in [-0.39, 0.29) is 23.5 Å². The van der Waals surface area contributed by atoms with Gasteiger partial charge in [0.1, 0.15) is 17.1 Å². The SMILES string of the molecule is C[C@@H]1CCc2cc(F)cc3c(O)c(C(=O)NCc4ccccc4Cl)c(=O)n1c23. The van der Waals surface area contributed by atoms with Gasteiger partial charge in [-0.15, -0.1) is 0 Å². The van der Waals surface area contributed by atoms with Gasteiger partial charge in [-0.25, -0.2) is 4.39 Å². The first-order valence-electron chi connectivity index (χ1n) is 8.99. The number of nitrogens with one attached hydrogen (secondary N) is 1. The van der Waals surface area contributed by atoms with E-state index < -0.39 is 23.0 Å². The summed E-state index contributed by atoms with van der Waals surface area (Å²) in [5, 5.41) is 13.9. The molecule has 5 nitrogen and oxygen atoms in total. The van der Waals surface area contributed by atoms with Crippen LogP contribution in [-0.2, 0) is 13.0 Å². The van der Waals surface area contributed by atoms with Gasteiger partial charge in [-0.1, -0.05) is 29.8 Å². The third-order valence-corrected chi connectivity index (χ3v) is 5.58. The van der Waals surface area contributed by atoms with Crippen LogP contribution in [0.3, 0.4) is 0 Å². The van der Waals surface area contributed by atoms with Gasteiger partial charge in [0, 0.05) is 23.0 Å². The number of rotatable bonds is 3. The van der Waals surface area contributed by atoms with E-state index in [4.69, 9.17) is 11.6 Å². The van der Waals surface area contributed by atoms with Gasteiger partial charge in [0.2, 0.25) is 0 Å². The minimum Gasteiger partial charge on any atom is -0.506 e. The minimum absolute atomic E-state index is 0.0966. The molecule has 2 aromatic carbocycles. The second-order valence-electron chi connectivity index (χ2n) is 7.02. The molecule has 0 fully saturated rings. The van der Waals surface area contributed by atoms with Crippen molar-refractivity contribution in [2.24, 2.45) is 0 Å². The Morgan fingerprint density at radius 2 is 2.11 bits per heavy atom. The van der Waals surface area contributed by atoms with Crippen LogP contribution in [0.25, 0.3) is 10.9 Å². The Morgan fingerprint density at radius 3 is 2.86 bits per heavy atom. The van der Waals surface area contributed by atoms with Crippen molar-refractivity contribution in [3.8, 4) is 5.75 Å². The lowest BCUT2D eigenvalue weighted by molar-refractivity contribution is 0.0946. The third kappa shape index (κ3) is 2.94. The van der Waals surface area contributed by atoms with Crippen molar-refractivity contribution in [3.63, 3.8) is 0 Å². The second-order valence-corrected chi connectivity index (χ2v) is 7.43. The molecular formula is C21H18ClFN2O3. The minimum atomic E-state index is -0.725. The number of halogens is 2. The van der Waals surface area contributed by atoms with Crippen molar-refractivity contribution in [1.82, 2.24) is 9.88 Å². The van der Waals surface area contributed by atoms with Gasteiger partial charge in [-0.05, 0) is 49.1 Å². The fourth-order valence-electron chi connectivity index (χ4n) is 3.79. The number of hydrogen-bond donors (Lipinski definition) is 2. The maximum Gasteiger partial charge on any atom is 0.267 e. The number of hydrogen-bond acceptors (Lipinski definition) is 3. The van der Waals surface area contributed by atoms with Crippen LogP contribution in [0.2, 0.25) is 5.02 Å². The Kier molecular flexibility index (Phi) is 4.59. The summed E-state index contributed by atoms with van der Waals surface area (Å²) >= 11 is 6.10. The molecule has 1 aliphatic rings. The summed E-state index contributed by atoms with van der Waals surface area (Å²) in [5.41, 5.74) is 0.862. The van der Waals surface area contributed by atoms with Crippen LogP contribution in [0.5, 0.6) is 5.75 Å². The topological polar surface area (TPSA) is 71.3 Å². The molecule has 0 aliphatic carbocycles. The molecule has 4 rings (SSSR count). The van der Waals surface area contributed by atoms with Gasteiger partial charge in [-0.3, -0.25) is 9.59 Å². The molecule has 1 aromatic heterocycles. The Hall–Kier alpha value is -2.86. The van der Waals surface area contributed by atoms with Crippen molar-refractivity contribution < 1.29 is 14.3 Å². The van der Waals surface area contributed by atoms with Crippen LogP contribution >= 0.6 is 11.6 Å². The molecule has 28 heavy (non-hydrogen) atoms. The van der Waals surface area contributed by atoms with Crippen molar-refractivity contribution in [2.75, 3.05) is 0 Å². The van der Waals surface area contributed by atoms with E-state index in [1.54, 1.807) is 24.3 Å². The Labute approximate surface area is 165 Å². The quantitative estimate of drug-likeness (QED) is 0.699. The van der Waals surface area contributed by atoms with E-state index in [1.165, 1.54) is 10.6 Å². The molecule has 2 N–H and O–H groups in total. The van der Waals surface area contributed by atoms with Crippen LogP contribution in [0.4, 0.5) is 4.39 Å². The molecule has 3 aromatic rings. The van der Waals surface area contributed by atoms with E-state index >= 15 is 0 Å². The summed E-state index contributed by atoms with van der Waals surface area (Å²) in [7, 11) is 0. The number of carbonyl (C=O) groups is 1. The molecule has 0 unspecified atom stereocenters. The number of nitrogens with zero attached hydrogens (tertiary/aromatic N) is 1. The predicted molar refractivity (Wildman–Crippen MR) is 105 cm³/mol. The van der Waals surface area contributed by atoms with Gasteiger partial charge in [0.05, 0.1) is 5.52 Å². The highest BCUT2D eigenvalue weighted by molar-refractivity contribution is 6.31. The normalized spacial score (nSPS) is 15.6. The number of amides is 1. The highest BCUT2D eigenvalue weighted by Crippen LogP contribution is 2.35. The number of benzene rings is 2. The van der Waals surface area contributed by atoms with Crippen LogP contribution in [0, 0.1) is 5.82 Å². The highest BCUT2D eigenvalue weighted by atomic mass is 35.5. The highest BCUT2D eigenvalue weighted by Gasteiger charge is 2.28. The van der Waals surface area contributed by atoms with E-state index in [0.29, 0.717) is 34.5 Å². The molecule has 0 bridgehead atoms. The molecule has 1 amide bonds. The number of aromatic nitrogens is 1. The molecular weight excluding hydrogens is 383 g/mol. The standard InChI is InChI=1S/C21H18ClFN2O3/c1-11-6-7-12-8-14(23)9-15-18(12)25(11)21(28)17(19(15)26)20(27)24-10-13-4-2-3-5-16(13)22/h2-5,8-9,11,26H,6-7,10H2,1H3,(H,24,27)/t11-/m1/s1. The summed E-state index contributed by atoms with van der Waals surface area (Å²) in [6, 6.07) is 9.38. The van der Waals surface area contributed by atoms with Crippen molar-refractivity contribution in [2.45, 2.75) is 32.4 Å². The maximum absolute atomic E-state index is 14.1. The Bertz CT molecular complexity index is 1170. The first-order chi connectivity index (χ1) is 13.4. The first kappa shape index (κ1) is 18.5. The zero-order chi connectivity index (χ0) is 20.0. The number of carbonyl (C=O) groups excluding carboxylic acids is 1. The lowest BCUT2D eigenvalue weighted by Crippen LogP contribution is -2.36. The lowest BCUT2D eigenvalue weighted by atomic mass is 9.95. The summed E-state index contributed by atoms with van der Waals surface area (Å²) < 4.78 is 15.5. The number of aryl methyl sites for hydroxylation is 1. The molecule has 1 aliphatic heterocycles. The fraction of sp³-hybridized carbons (Fsp3) is 0.238. The molecule has 0 radical (unpaired) electrons. The lowest BCUT2D eigenvalue weighted by Gasteiger charge is -2.26. The summed E-state index contributed by atoms with van der Waals surface area (Å²) in [5.74, 6) is -1.74. The third-order valence-electron chi connectivity index (χ3n) is 5.22. The number of pyridine rings is 1. The molecule has 0 spiro atoms. The Morgan fingerprint density at radius 1 is 1.36 bits per heavy atom. The zero-order valence-electron chi connectivity index (χ0n) is 15.1. The van der Waals surface area contributed by atoms with Gasteiger partial charge >= 0.3 is 0 Å².